The quantitative estimate of drug-likeness (QED) is 0.880. The minimum absolute atomic E-state index is 0.364. The van der Waals surface area contributed by atoms with Crippen LogP contribution in [0.3, 0.4) is 0 Å². The number of anilines is 2. The molecule has 1 aliphatic heterocycles. The van der Waals surface area contributed by atoms with Crippen molar-refractivity contribution in [1.29, 1.82) is 0 Å². The average molecular weight is 295 g/mol. The van der Waals surface area contributed by atoms with Crippen LogP contribution in [0.5, 0.6) is 0 Å². The summed E-state index contributed by atoms with van der Waals surface area (Å²) in [6, 6.07) is 1.89. The minimum Gasteiger partial charge on any atom is -0.397 e. The second-order valence-electron chi connectivity index (χ2n) is 6.71. The van der Waals surface area contributed by atoms with E-state index in [1.54, 1.807) is 0 Å². The molecule has 0 spiro atoms. The molecule has 1 aromatic rings. The monoisotopic (exact) mass is 295 g/mol. The normalized spacial score (nSPS) is 20.8. The summed E-state index contributed by atoms with van der Waals surface area (Å²) < 4.78 is 0. The zero-order valence-corrected chi connectivity index (χ0v) is 13.4. The zero-order valence-electron chi connectivity index (χ0n) is 12.6. The SMILES string of the molecule is CC(C)(C)C1CCCN(c2cc(N)c(C(N)=O)s2)CC1. The van der Waals surface area contributed by atoms with Crippen molar-refractivity contribution in [2.75, 3.05) is 23.7 Å². The summed E-state index contributed by atoms with van der Waals surface area (Å²) in [5, 5.41) is 1.07. The number of hydrogen-bond acceptors (Lipinski definition) is 4. The van der Waals surface area contributed by atoms with E-state index in [0.29, 0.717) is 16.0 Å². The number of thiophene rings is 1. The molecular formula is C15H25N3OS. The Labute approximate surface area is 125 Å². The number of nitrogen functional groups attached to an aromatic ring is 1. The third-order valence-corrected chi connectivity index (χ3v) is 5.46. The van der Waals surface area contributed by atoms with Gasteiger partial charge in [-0.25, -0.2) is 0 Å². The third-order valence-electron chi connectivity index (χ3n) is 4.24. The molecule has 112 valence electrons. The first-order chi connectivity index (χ1) is 9.29. The molecule has 1 atom stereocenters. The standard InChI is InChI=1S/C15H25N3OS/c1-15(2,3)10-5-4-7-18(8-6-10)12-9-11(16)13(20-12)14(17)19/h9-10H,4-8,16H2,1-3H3,(H2,17,19). The van der Waals surface area contributed by atoms with Gasteiger partial charge in [0, 0.05) is 13.1 Å². The lowest BCUT2D eigenvalue weighted by atomic mass is 9.77. The van der Waals surface area contributed by atoms with Gasteiger partial charge < -0.3 is 16.4 Å². The first-order valence-electron chi connectivity index (χ1n) is 7.23. The van der Waals surface area contributed by atoms with Gasteiger partial charge in [0.05, 0.1) is 10.7 Å². The van der Waals surface area contributed by atoms with E-state index in [4.69, 9.17) is 11.5 Å². The van der Waals surface area contributed by atoms with E-state index in [9.17, 15) is 4.79 Å². The predicted molar refractivity (Wildman–Crippen MR) is 86.3 cm³/mol. The van der Waals surface area contributed by atoms with E-state index < -0.39 is 5.91 Å². The van der Waals surface area contributed by atoms with Crippen LogP contribution in [0.25, 0.3) is 0 Å². The lowest BCUT2D eigenvalue weighted by Gasteiger charge is -2.29. The molecule has 5 heteroatoms. The zero-order chi connectivity index (χ0) is 14.9. The molecule has 0 radical (unpaired) electrons. The molecule has 2 heterocycles. The Kier molecular flexibility index (Phi) is 4.28. The molecule has 1 aliphatic rings. The molecule has 2 rings (SSSR count). The highest BCUT2D eigenvalue weighted by atomic mass is 32.1. The fourth-order valence-electron chi connectivity index (χ4n) is 2.92. The van der Waals surface area contributed by atoms with Crippen LogP contribution >= 0.6 is 11.3 Å². The van der Waals surface area contributed by atoms with Gasteiger partial charge >= 0.3 is 0 Å². The Balaban J connectivity index is 2.11. The third kappa shape index (κ3) is 3.26. The molecule has 4 N–H and O–H groups in total. The van der Waals surface area contributed by atoms with E-state index >= 15 is 0 Å². The van der Waals surface area contributed by atoms with Gasteiger partial charge in [-0.2, -0.15) is 0 Å². The Morgan fingerprint density at radius 2 is 2.05 bits per heavy atom. The number of carbonyl (C=O) groups is 1. The van der Waals surface area contributed by atoms with Crippen LogP contribution in [0.2, 0.25) is 0 Å². The largest absolute Gasteiger partial charge is 0.397 e. The number of hydrogen-bond donors (Lipinski definition) is 2. The molecule has 0 aromatic carbocycles. The van der Waals surface area contributed by atoms with Gasteiger partial charge in [0.1, 0.15) is 4.88 Å². The highest BCUT2D eigenvalue weighted by molar-refractivity contribution is 7.18. The molecule has 1 fully saturated rings. The van der Waals surface area contributed by atoms with Crippen LogP contribution in [-0.2, 0) is 0 Å². The van der Waals surface area contributed by atoms with E-state index in [1.165, 1.54) is 30.6 Å². The van der Waals surface area contributed by atoms with Gasteiger partial charge in [-0.1, -0.05) is 20.8 Å². The summed E-state index contributed by atoms with van der Waals surface area (Å²) in [6.07, 6.45) is 3.64. The second-order valence-corrected chi connectivity index (χ2v) is 7.74. The number of nitrogens with zero attached hydrogens (tertiary/aromatic N) is 1. The molecular weight excluding hydrogens is 270 g/mol. The second kappa shape index (κ2) is 5.64. The summed E-state index contributed by atoms with van der Waals surface area (Å²) in [4.78, 5) is 14.1. The lowest BCUT2D eigenvalue weighted by Crippen LogP contribution is -2.25. The average Bonchev–Trinajstić information content (AvgIpc) is 2.58. The highest BCUT2D eigenvalue weighted by Crippen LogP contribution is 2.37. The topological polar surface area (TPSA) is 72.3 Å². The fourth-order valence-corrected chi connectivity index (χ4v) is 3.91. The van der Waals surface area contributed by atoms with E-state index in [1.807, 2.05) is 6.07 Å². The summed E-state index contributed by atoms with van der Waals surface area (Å²) >= 11 is 1.42. The summed E-state index contributed by atoms with van der Waals surface area (Å²) in [5.41, 5.74) is 12.1. The number of amides is 1. The Morgan fingerprint density at radius 1 is 1.35 bits per heavy atom. The molecule has 4 nitrogen and oxygen atoms in total. The van der Waals surface area contributed by atoms with Crippen LogP contribution in [0.1, 0.15) is 49.7 Å². The van der Waals surface area contributed by atoms with Crippen LogP contribution in [-0.4, -0.2) is 19.0 Å². The van der Waals surface area contributed by atoms with Crippen LogP contribution in [0, 0.1) is 11.3 Å². The van der Waals surface area contributed by atoms with Crippen molar-refractivity contribution < 1.29 is 4.79 Å². The van der Waals surface area contributed by atoms with Gasteiger partial charge in [-0.3, -0.25) is 4.79 Å². The van der Waals surface area contributed by atoms with Gasteiger partial charge in [0.15, 0.2) is 0 Å². The molecule has 1 saturated heterocycles. The maximum absolute atomic E-state index is 11.3. The van der Waals surface area contributed by atoms with Crippen LogP contribution in [0.4, 0.5) is 10.7 Å². The first-order valence-corrected chi connectivity index (χ1v) is 8.04. The fraction of sp³-hybridized carbons (Fsp3) is 0.667. The summed E-state index contributed by atoms with van der Waals surface area (Å²) in [7, 11) is 0. The van der Waals surface area contributed by atoms with Gasteiger partial charge in [-0.05, 0) is 36.7 Å². The molecule has 0 aliphatic carbocycles. The Hall–Kier alpha value is -1.23. The Morgan fingerprint density at radius 3 is 2.60 bits per heavy atom. The van der Waals surface area contributed by atoms with Gasteiger partial charge in [0.2, 0.25) is 0 Å². The number of nitrogens with two attached hydrogens (primary N) is 2. The van der Waals surface area contributed by atoms with E-state index in [-0.39, 0.29) is 0 Å². The van der Waals surface area contributed by atoms with Gasteiger partial charge in [0.25, 0.3) is 5.91 Å². The van der Waals surface area contributed by atoms with Crippen molar-refractivity contribution in [2.24, 2.45) is 17.1 Å². The van der Waals surface area contributed by atoms with Crippen molar-refractivity contribution in [3.63, 3.8) is 0 Å². The summed E-state index contributed by atoms with van der Waals surface area (Å²) in [6.45, 7) is 9.02. The number of primary amides is 1. The molecule has 1 unspecified atom stereocenters. The van der Waals surface area contributed by atoms with E-state index in [2.05, 4.69) is 25.7 Å². The van der Waals surface area contributed by atoms with Crippen molar-refractivity contribution in [2.45, 2.75) is 40.0 Å². The van der Waals surface area contributed by atoms with Crippen LogP contribution < -0.4 is 16.4 Å². The Bertz CT molecular complexity index is 490. The maximum atomic E-state index is 11.3. The molecule has 0 bridgehead atoms. The van der Waals surface area contributed by atoms with E-state index in [0.717, 1.165) is 24.0 Å². The predicted octanol–water partition coefficient (Wildman–Crippen LogP) is 3.08. The summed E-state index contributed by atoms with van der Waals surface area (Å²) in [5.74, 6) is 0.321. The van der Waals surface area contributed by atoms with Crippen molar-refractivity contribution in [3.8, 4) is 0 Å². The molecule has 20 heavy (non-hydrogen) atoms. The van der Waals surface area contributed by atoms with Crippen molar-refractivity contribution in [1.82, 2.24) is 0 Å². The van der Waals surface area contributed by atoms with Crippen molar-refractivity contribution >= 4 is 27.9 Å². The van der Waals surface area contributed by atoms with Crippen molar-refractivity contribution in [3.05, 3.63) is 10.9 Å². The highest BCUT2D eigenvalue weighted by Gasteiger charge is 2.27. The van der Waals surface area contributed by atoms with Crippen LogP contribution in [0.15, 0.2) is 6.07 Å². The number of rotatable bonds is 2. The first kappa shape index (κ1) is 15.2. The molecule has 1 amide bonds. The lowest BCUT2D eigenvalue weighted by molar-refractivity contribution is 0.100. The molecule has 0 saturated carbocycles. The minimum atomic E-state index is -0.430. The maximum Gasteiger partial charge on any atom is 0.260 e. The smallest absolute Gasteiger partial charge is 0.260 e. The molecule has 1 aromatic heterocycles. The number of carbonyl (C=O) groups excluding carboxylic acids is 1. The van der Waals surface area contributed by atoms with Gasteiger partial charge in [-0.15, -0.1) is 11.3 Å².